The monoisotopic (exact) mass is 1450 g/mol. The van der Waals surface area contributed by atoms with Crippen molar-refractivity contribution < 1.29 is 17.9 Å². The van der Waals surface area contributed by atoms with Crippen molar-refractivity contribution in [1.29, 1.82) is 0 Å². The van der Waals surface area contributed by atoms with E-state index in [0.717, 1.165) is 119 Å². The molecule has 0 atom stereocenters. The normalized spacial score (nSPS) is 12.4. The van der Waals surface area contributed by atoms with Crippen molar-refractivity contribution in [2.24, 2.45) is 0 Å². The number of hydrogen-bond donors (Lipinski definition) is 7. The second-order valence-corrected chi connectivity index (χ2v) is 26.7. The fraction of sp³-hybridized carbons (Fsp3) is 0.138. The molecule has 0 saturated carbocycles. The molecule has 538 valence electrons. The summed E-state index contributed by atoms with van der Waals surface area (Å²) < 4.78 is 49.2. The van der Waals surface area contributed by atoms with E-state index in [-0.39, 0.29) is 17.5 Å². The second kappa shape index (κ2) is 29.6. The maximum absolute atomic E-state index is 14.7. The van der Waals surface area contributed by atoms with Crippen LogP contribution in [0.15, 0.2) is 202 Å². The molecular weight excluding hydrogens is 1380 g/mol. The quantitative estimate of drug-likeness (QED) is 0.0473. The van der Waals surface area contributed by atoms with Crippen molar-refractivity contribution in [3.05, 3.63) is 225 Å². The Morgan fingerprint density at radius 1 is 0.422 bits per heavy atom. The highest BCUT2D eigenvalue weighted by Gasteiger charge is 2.23. The van der Waals surface area contributed by atoms with E-state index in [9.17, 15) is 13.2 Å². The second-order valence-electron chi connectivity index (χ2n) is 26.7. The van der Waals surface area contributed by atoms with E-state index in [2.05, 4.69) is 106 Å². The number of aromatic amines is 6. The van der Waals surface area contributed by atoms with Crippen LogP contribution in [0.3, 0.4) is 0 Å². The molecule has 19 rings (SSSR count). The predicted octanol–water partition coefficient (Wildman–Crippen LogP) is 14.2. The zero-order chi connectivity index (χ0) is 74.1. The van der Waals surface area contributed by atoms with Gasteiger partial charge in [-0.15, -0.1) is 0 Å². The molecule has 1 saturated heterocycles. The highest BCUT2D eigenvalue weighted by molar-refractivity contribution is 6.00. The van der Waals surface area contributed by atoms with Crippen LogP contribution in [0, 0.1) is 17.5 Å². The number of nitrogens with zero attached hydrogens (tertiary/aromatic N) is 18. The maximum Gasteiger partial charge on any atom is 0.181 e. The Bertz CT molecular complexity index is 6330. The zero-order valence-corrected chi connectivity index (χ0v) is 59.1. The van der Waals surface area contributed by atoms with Gasteiger partial charge in [-0.25, -0.2) is 43.1 Å². The van der Waals surface area contributed by atoms with Crippen molar-refractivity contribution in [2.75, 3.05) is 77.8 Å². The van der Waals surface area contributed by atoms with Crippen LogP contribution in [0.4, 0.5) is 24.5 Å². The van der Waals surface area contributed by atoms with Crippen LogP contribution < -0.4 is 10.2 Å². The summed E-state index contributed by atoms with van der Waals surface area (Å²) in [6.07, 6.45) is 26.2. The van der Waals surface area contributed by atoms with Crippen LogP contribution in [0.25, 0.3) is 168 Å². The lowest BCUT2D eigenvalue weighted by Crippen LogP contribution is -2.36. The molecule has 1 fully saturated rings. The predicted molar refractivity (Wildman–Crippen MR) is 414 cm³/mol. The Morgan fingerprint density at radius 3 is 1.27 bits per heavy atom. The minimum Gasteiger partial charge on any atom is -0.384 e. The summed E-state index contributed by atoms with van der Waals surface area (Å²) >= 11 is 0. The van der Waals surface area contributed by atoms with Crippen molar-refractivity contribution in [2.45, 2.75) is 6.54 Å². The molecule has 7 N–H and O–H groups in total. The Hall–Kier alpha value is -13.9. The number of H-pyrrole nitrogens is 6. The fourth-order valence-electron chi connectivity index (χ4n) is 13.4. The van der Waals surface area contributed by atoms with Crippen LogP contribution in [0.5, 0.6) is 0 Å². The van der Waals surface area contributed by atoms with E-state index < -0.39 is 0 Å². The highest BCUT2D eigenvalue weighted by Crippen LogP contribution is 2.38. The molecule has 0 aliphatic carbocycles. The number of anilines is 2. The number of ether oxygens (including phenoxy) is 1. The smallest absolute Gasteiger partial charge is 0.181 e. The van der Waals surface area contributed by atoms with E-state index >= 15 is 0 Å². The van der Waals surface area contributed by atoms with Gasteiger partial charge in [-0.05, 0) is 141 Å². The van der Waals surface area contributed by atoms with E-state index in [4.69, 9.17) is 19.7 Å². The van der Waals surface area contributed by atoms with E-state index in [1.807, 2.05) is 106 Å². The van der Waals surface area contributed by atoms with Gasteiger partial charge in [0.2, 0.25) is 0 Å². The van der Waals surface area contributed by atoms with Crippen LogP contribution in [-0.2, 0) is 11.3 Å². The molecule has 0 amide bonds. The van der Waals surface area contributed by atoms with Crippen molar-refractivity contribution in [3.63, 3.8) is 0 Å². The minimum absolute atomic E-state index is 0.291. The molecule has 16 heterocycles. The van der Waals surface area contributed by atoms with E-state index in [1.165, 1.54) is 24.3 Å². The number of halogens is 3. The molecule has 3 aromatic carbocycles. The third-order valence-electron chi connectivity index (χ3n) is 18.5. The number of fused-ring (bicyclic) bond motifs is 6. The summed E-state index contributed by atoms with van der Waals surface area (Å²) in [4.78, 5) is 70.1. The molecule has 1 aliphatic heterocycles. The Morgan fingerprint density at radius 2 is 0.844 bits per heavy atom. The number of morpholine rings is 1. The van der Waals surface area contributed by atoms with Crippen molar-refractivity contribution in [1.82, 2.24) is 115 Å². The first-order valence-corrected chi connectivity index (χ1v) is 34.9. The van der Waals surface area contributed by atoms with Gasteiger partial charge in [-0.3, -0.25) is 45.2 Å². The number of pyridine rings is 9. The molecule has 18 aromatic rings. The molecule has 26 nitrogen and oxygen atoms in total. The van der Waals surface area contributed by atoms with Gasteiger partial charge in [0.15, 0.2) is 34.4 Å². The van der Waals surface area contributed by atoms with Gasteiger partial charge in [0, 0.05) is 169 Å². The average Bonchev–Trinajstić information content (AvgIpc) is 1.63. The number of aromatic nitrogens is 21. The number of nitrogens with one attached hydrogen (secondary N) is 7. The molecule has 15 aromatic heterocycles. The lowest BCUT2D eigenvalue weighted by Gasteiger charge is -2.29. The third kappa shape index (κ3) is 14.3. The van der Waals surface area contributed by atoms with Gasteiger partial charge in [0.1, 0.15) is 34.5 Å². The average molecular weight is 1450 g/mol. The van der Waals surface area contributed by atoms with E-state index in [1.54, 1.807) is 105 Å². The first-order valence-electron chi connectivity index (χ1n) is 34.9. The van der Waals surface area contributed by atoms with Gasteiger partial charge in [0.25, 0.3) is 0 Å². The van der Waals surface area contributed by atoms with E-state index in [0.29, 0.717) is 111 Å². The van der Waals surface area contributed by atoms with Crippen LogP contribution >= 0.6 is 0 Å². The van der Waals surface area contributed by atoms with Gasteiger partial charge in [-0.2, -0.15) is 15.3 Å². The number of benzene rings is 3. The summed E-state index contributed by atoms with van der Waals surface area (Å²) in [5, 5.41) is 28.0. The van der Waals surface area contributed by atoms with Gasteiger partial charge >= 0.3 is 0 Å². The summed E-state index contributed by atoms with van der Waals surface area (Å²) in [6, 6.07) is 32.7. The standard InChI is InChI=1S/C27H24FN9.C27H21FN8O.C26H21FN8/c1-37(2)7-6-31-20-9-17(8-19(28)11-20)22-14-30-15-23-24(22)34-27(33-23)25-21-10-18(13-32-26(21)36-35-25)16-4-3-5-29-12-16;28-19-8-17(9-20(11-19)36-4-6-37-7-5-36)22-14-30-15-23-24(22)33-27(32-23)25-21-10-18(13-31-26(21)35-34-25)16-2-1-3-29-12-16;1-35(2)14-15-6-17(8-19(27)7-15)21-12-29-13-22-23(21)32-26(31-22)24-20-9-18(11-30-25(20)34-33-24)16-4-3-5-28-10-16/h3-5,8-15,31H,6-7H2,1-2H3,(H,33,34)(H,32,35,36);1-3,8-15H,4-7H2,(H,32,33)(H,31,34,35);3-13H,14H2,1-2H3,(H,31,32)(H,30,33,34). The molecular formula is C80H66F3N25O. The first kappa shape index (κ1) is 68.2. The molecule has 109 heavy (non-hydrogen) atoms. The van der Waals surface area contributed by atoms with Crippen LogP contribution in [-0.4, -0.2) is 183 Å². The summed E-state index contributed by atoms with van der Waals surface area (Å²) in [5.41, 5.74) is 20.6. The Labute approximate surface area is 618 Å². The van der Waals surface area contributed by atoms with Crippen molar-refractivity contribution in [3.8, 4) is 101 Å². The fourth-order valence-corrected chi connectivity index (χ4v) is 13.4. The molecule has 0 bridgehead atoms. The summed E-state index contributed by atoms with van der Waals surface area (Å²) in [6.45, 7) is 4.86. The molecule has 0 unspecified atom stereocenters. The maximum atomic E-state index is 14.7. The van der Waals surface area contributed by atoms with Crippen LogP contribution in [0.2, 0.25) is 0 Å². The molecule has 1 aliphatic rings. The van der Waals surface area contributed by atoms with Gasteiger partial charge in [0.05, 0.1) is 81.1 Å². The topological polar surface area (TPSA) is 319 Å². The highest BCUT2D eigenvalue weighted by atomic mass is 19.1. The number of hydrogen-bond acceptors (Lipinski definition) is 20. The van der Waals surface area contributed by atoms with Crippen molar-refractivity contribution >= 4 is 77.6 Å². The zero-order valence-electron chi connectivity index (χ0n) is 59.1. The molecule has 0 spiro atoms. The third-order valence-corrected chi connectivity index (χ3v) is 18.5. The Kier molecular flexibility index (Phi) is 18.5. The number of rotatable bonds is 16. The molecule has 29 heteroatoms. The minimum atomic E-state index is -0.328. The lowest BCUT2D eigenvalue weighted by molar-refractivity contribution is 0.122. The lowest BCUT2D eigenvalue weighted by atomic mass is 10.0. The number of likely N-dealkylation sites (N-methyl/N-ethyl adjacent to an activating group) is 1. The van der Waals surface area contributed by atoms with Crippen LogP contribution in [0.1, 0.15) is 5.56 Å². The van der Waals surface area contributed by atoms with Gasteiger partial charge in [-0.1, -0.05) is 18.2 Å². The SMILES string of the molecule is CN(C)CCNc1cc(F)cc(-c2cncc3[nH]c(-c4[nH]nc5ncc(-c6cccnc6)cc45)nc23)c1.CN(C)Cc1cc(F)cc(-c2cncc3[nH]c(-c4[nH]nc5ncc(-c6cccnc6)cc45)nc23)c1.Fc1cc(-c2cncc3[nH]c(-c4[nH]nc5ncc(-c6cccnc6)cc45)nc23)cc(N2CCOCC2)c1. The first-order chi connectivity index (χ1) is 53.3. The molecule has 0 radical (unpaired) electrons. The summed E-state index contributed by atoms with van der Waals surface area (Å²) in [7, 11) is 7.91. The number of imidazole rings is 3. The van der Waals surface area contributed by atoms with Gasteiger partial charge < -0.3 is 39.7 Å². The largest absolute Gasteiger partial charge is 0.384 e. The Balaban J connectivity index is 0.000000120. The summed E-state index contributed by atoms with van der Waals surface area (Å²) in [5.74, 6) is 0.873.